The zero-order valence-corrected chi connectivity index (χ0v) is 6.78. The van der Waals surface area contributed by atoms with Crippen molar-refractivity contribution in [3.63, 3.8) is 0 Å². The summed E-state index contributed by atoms with van der Waals surface area (Å²) in [5, 5.41) is 10.0. The number of rotatable bonds is 2. The first-order valence-corrected chi connectivity index (χ1v) is 3.22. The molecule has 15 heavy (non-hydrogen) atoms. The quantitative estimate of drug-likeness (QED) is 0.310. The molecular weight excluding hydrogens is 234 g/mol. The minimum absolute atomic E-state index is 0.592. The van der Waals surface area contributed by atoms with Crippen LogP contribution in [0.5, 0.6) is 0 Å². The number of hydrogen-bond donors (Lipinski definition) is 0. The molecule has 0 bridgehead atoms. The monoisotopic (exact) mass is 237 g/mol. The summed E-state index contributed by atoms with van der Waals surface area (Å²) in [5.74, 6) is -4.57. The van der Waals surface area contributed by atoms with E-state index in [-0.39, 0.29) is 0 Å². The van der Waals surface area contributed by atoms with Gasteiger partial charge in [0.25, 0.3) is 0 Å². The van der Waals surface area contributed by atoms with Crippen LogP contribution in [-0.4, -0.2) is 24.9 Å². The molecular formula is C6H3F6O3-. The molecule has 0 aromatic heterocycles. The Morgan fingerprint density at radius 2 is 1.67 bits per heavy atom. The third-order valence-electron chi connectivity index (χ3n) is 0.906. The molecule has 9 heteroatoms. The van der Waals surface area contributed by atoms with Crippen LogP contribution in [0.1, 0.15) is 0 Å². The van der Waals surface area contributed by atoms with Gasteiger partial charge in [0.05, 0.1) is 0 Å². The van der Waals surface area contributed by atoms with Gasteiger partial charge in [0.1, 0.15) is 0 Å². The van der Waals surface area contributed by atoms with Gasteiger partial charge in [-0.25, -0.2) is 4.79 Å². The zero-order chi connectivity index (χ0) is 12.3. The Bertz CT molecular complexity index is 263. The predicted octanol–water partition coefficient (Wildman–Crippen LogP) is 0.898. The van der Waals surface area contributed by atoms with E-state index in [4.69, 9.17) is 0 Å². The lowest BCUT2D eigenvalue weighted by Gasteiger charge is -2.15. The molecule has 0 spiro atoms. The van der Waals surface area contributed by atoms with Crippen molar-refractivity contribution in [3.05, 3.63) is 11.8 Å². The van der Waals surface area contributed by atoms with E-state index in [9.17, 15) is 36.2 Å². The van der Waals surface area contributed by atoms with Crippen LogP contribution in [0.4, 0.5) is 26.3 Å². The molecule has 0 heterocycles. The van der Waals surface area contributed by atoms with E-state index < -0.39 is 36.8 Å². The summed E-state index contributed by atoms with van der Waals surface area (Å²) in [6.45, 7) is -2.05. The first-order chi connectivity index (χ1) is 6.52. The van der Waals surface area contributed by atoms with Gasteiger partial charge in [-0.1, -0.05) is 0 Å². The summed E-state index contributed by atoms with van der Waals surface area (Å²) in [5.41, 5.74) is 0. The van der Waals surface area contributed by atoms with E-state index >= 15 is 0 Å². The second-order valence-corrected chi connectivity index (χ2v) is 2.23. The Kier molecular flexibility index (Phi) is 3.99. The minimum atomic E-state index is -5.31. The van der Waals surface area contributed by atoms with Gasteiger partial charge >= 0.3 is 18.3 Å². The molecule has 0 fully saturated rings. The molecule has 0 aliphatic heterocycles. The van der Waals surface area contributed by atoms with E-state index in [0.717, 1.165) is 0 Å². The summed E-state index contributed by atoms with van der Waals surface area (Å²) in [6, 6.07) is 0. The molecule has 0 aliphatic carbocycles. The van der Waals surface area contributed by atoms with Crippen LogP contribution in [0, 0.1) is 0 Å². The van der Waals surface area contributed by atoms with Crippen LogP contribution in [0.25, 0.3) is 0 Å². The van der Waals surface area contributed by atoms with E-state index in [1.54, 1.807) is 0 Å². The second-order valence-electron chi connectivity index (χ2n) is 2.23. The predicted molar refractivity (Wildman–Crippen MR) is 31.2 cm³/mol. The number of allylic oxidation sites excluding steroid dienone is 1. The van der Waals surface area contributed by atoms with E-state index in [0.29, 0.717) is 0 Å². The number of esters is 1. The number of hydrogen-bond acceptors (Lipinski definition) is 3. The molecule has 0 saturated heterocycles. The van der Waals surface area contributed by atoms with Crippen molar-refractivity contribution >= 4 is 5.97 Å². The fourth-order valence-corrected chi connectivity index (χ4v) is 0.383. The van der Waals surface area contributed by atoms with Gasteiger partial charge in [-0.05, 0) is 5.76 Å². The number of alkyl halides is 6. The third-order valence-corrected chi connectivity index (χ3v) is 0.906. The van der Waals surface area contributed by atoms with Crippen molar-refractivity contribution in [1.82, 2.24) is 0 Å². The van der Waals surface area contributed by atoms with Crippen molar-refractivity contribution in [2.24, 2.45) is 0 Å². The van der Waals surface area contributed by atoms with Crippen molar-refractivity contribution < 1.29 is 41.0 Å². The summed E-state index contributed by atoms with van der Waals surface area (Å²) >= 11 is 0. The molecule has 0 N–H and O–H groups in total. The highest BCUT2D eigenvalue weighted by molar-refractivity contribution is 5.82. The molecule has 0 radical (unpaired) electrons. The Labute approximate surface area is 78.9 Å². The second kappa shape index (κ2) is 4.41. The molecule has 0 aromatic rings. The maximum absolute atomic E-state index is 11.5. The number of ether oxygens (including phenoxy) is 1. The SMILES string of the molecule is O=C(/C=C(\[O-])C(F)(F)F)OCC(F)(F)F. The molecule has 0 aromatic carbocycles. The van der Waals surface area contributed by atoms with Gasteiger partial charge in [-0.15, -0.1) is 0 Å². The molecule has 0 saturated carbocycles. The number of carbonyl (C=O) groups excluding carboxylic acids is 1. The van der Waals surface area contributed by atoms with Crippen LogP contribution in [0.3, 0.4) is 0 Å². The summed E-state index contributed by atoms with van der Waals surface area (Å²) in [4.78, 5) is 10.2. The number of halogens is 6. The van der Waals surface area contributed by atoms with Crippen LogP contribution >= 0.6 is 0 Å². The maximum atomic E-state index is 11.5. The Morgan fingerprint density at radius 1 is 1.20 bits per heavy atom. The van der Waals surface area contributed by atoms with Crippen molar-refractivity contribution in [2.75, 3.05) is 6.61 Å². The summed E-state index contributed by atoms with van der Waals surface area (Å²) < 4.78 is 71.9. The molecule has 0 amide bonds. The molecule has 88 valence electrons. The van der Waals surface area contributed by atoms with Crippen molar-refractivity contribution in [3.8, 4) is 0 Å². The summed E-state index contributed by atoms with van der Waals surface area (Å²) in [7, 11) is 0. The van der Waals surface area contributed by atoms with Crippen molar-refractivity contribution in [1.29, 1.82) is 0 Å². The first kappa shape index (κ1) is 13.6. The molecule has 0 unspecified atom stereocenters. The average molecular weight is 237 g/mol. The van der Waals surface area contributed by atoms with Crippen LogP contribution in [0.15, 0.2) is 11.8 Å². The molecule has 0 rings (SSSR count). The highest BCUT2D eigenvalue weighted by Gasteiger charge is 2.30. The van der Waals surface area contributed by atoms with Gasteiger partial charge in [-0.3, -0.25) is 0 Å². The van der Waals surface area contributed by atoms with Gasteiger partial charge < -0.3 is 9.84 Å². The Morgan fingerprint density at radius 3 is 2.00 bits per heavy atom. The van der Waals surface area contributed by atoms with Gasteiger partial charge in [-0.2, -0.15) is 26.3 Å². The normalized spacial score (nSPS) is 13.9. The number of carbonyl (C=O) groups is 1. The topological polar surface area (TPSA) is 49.4 Å². The van der Waals surface area contributed by atoms with Gasteiger partial charge in [0.15, 0.2) is 6.61 Å². The van der Waals surface area contributed by atoms with Gasteiger partial charge in [0.2, 0.25) is 0 Å². The largest absolute Gasteiger partial charge is 0.869 e. The zero-order valence-electron chi connectivity index (χ0n) is 6.78. The van der Waals surface area contributed by atoms with Crippen LogP contribution in [-0.2, 0) is 9.53 Å². The average Bonchev–Trinajstić information content (AvgIpc) is 1.97. The maximum Gasteiger partial charge on any atom is 0.422 e. The molecule has 0 aliphatic rings. The lowest BCUT2D eigenvalue weighted by Crippen LogP contribution is -2.25. The highest BCUT2D eigenvalue weighted by atomic mass is 19.4. The standard InChI is InChI=1S/C6H4F6O3/c7-5(8,9)2-15-4(14)1-3(13)6(10,11)12/h1,13H,2H2/p-1/b3-1-. The third kappa shape index (κ3) is 6.63. The van der Waals surface area contributed by atoms with Gasteiger partial charge in [0, 0.05) is 6.08 Å². The first-order valence-electron chi connectivity index (χ1n) is 3.22. The van der Waals surface area contributed by atoms with Crippen LogP contribution < -0.4 is 5.11 Å². The molecule has 0 atom stereocenters. The van der Waals surface area contributed by atoms with Crippen LogP contribution in [0.2, 0.25) is 0 Å². The Balaban J connectivity index is 4.27. The van der Waals surface area contributed by atoms with E-state index in [2.05, 4.69) is 4.74 Å². The fourth-order valence-electron chi connectivity index (χ4n) is 0.383. The minimum Gasteiger partial charge on any atom is -0.869 e. The highest BCUT2D eigenvalue weighted by Crippen LogP contribution is 2.21. The lowest BCUT2D eigenvalue weighted by atomic mass is 10.4. The van der Waals surface area contributed by atoms with Crippen molar-refractivity contribution in [2.45, 2.75) is 12.4 Å². The smallest absolute Gasteiger partial charge is 0.422 e. The molecule has 3 nitrogen and oxygen atoms in total. The summed E-state index contributed by atoms with van der Waals surface area (Å²) in [6.07, 6.45) is -10.8. The Hall–Kier alpha value is -1.41. The van der Waals surface area contributed by atoms with E-state index in [1.165, 1.54) is 0 Å². The van der Waals surface area contributed by atoms with E-state index in [1.807, 2.05) is 0 Å². The fraction of sp³-hybridized carbons (Fsp3) is 0.500. The lowest BCUT2D eigenvalue weighted by molar-refractivity contribution is -0.360.